The highest BCUT2D eigenvalue weighted by atomic mass is 16.5. The summed E-state index contributed by atoms with van der Waals surface area (Å²) in [6.07, 6.45) is 4.72. The molecule has 84 valence electrons. The van der Waals surface area contributed by atoms with E-state index in [-0.39, 0.29) is 0 Å². The zero-order valence-corrected chi connectivity index (χ0v) is 9.38. The quantitative estimate of drug-likeness (QED) is 0.723. The second-order valence-electron chi connectivity index (χ2n) is 4.71. The van der Waals surface area contributed by atoms with E-state index in [9.17, 15) is 5.11 Å². The van der Waals surface area contributed by atoms with Crippen molar-refractivity contribution >= 4 is 0 Å². The third-order valence-electron chi connectivity index (χ3n) is 3.33. The van der Waals surface area contributed by atoms with Crippen LogP contribution in [0.3, 0.4) is 0 Å². The Balaban J connectivity index is 2.57. The standard InChI is InChI=1S/C11H23NO2/c1-3-4-6-10(2,12)11(13)7-5-8-14-9-11/h13H,3-9,12H2,1-2H3. The van der Waals surface area contributed by atoms with Gasteiger partial charge in [-0.25, -0.2) is 0 Å². The molecule has 0 spiro atoms. The van der Waals surface area contributed by atoms with Gasteiger partial charge in [-0.1, -0.05) is 19.8 Å². The molecular formula is C11H23NO2. The average molecular weight is 201 g/mol. The first-order valence-electron chi connectivity index (χ1n) is 5.61. The highest BCUT2D eigenvalue weighted by molar-refractivity contribution is 5.01. The van der Waals surface area contributed by atoms with E-state index in [1.807, 2.05) is 6.92 Å². The second-order valence-corrected chi connectivity index (χ2v) is 4.71. The third-order valence-corrected chi connectivity index (χ3v) is 3.33. The van der Waals surface area contributed by atoms with Crippen LogP contribution in [0.5, 0.6) is 0 Å². The van der Waals surface area contributed by atoms with E-state index in [4.69, 9.17) is 10.5 Å². The first-order chi connectivity index (χ1) is 6.52. The van der Waals surface area contributed by atoms with Crippen LogP contribution >= 0.6 is 0 Å². The Morgan fingerprint density at radius 1 is 1.57 bits per heavy atom. The van der Waals surface area contributed by atoms with Crippen LogP contribution in [0.2, 0.25) is 0 Å². The molecule has 0 saturated carbocycles. The minimum absolute atomic E-state index is 0.393. The molecule has 1 fully saturated rings. The highest BCUT2D eigenvalue weighted by Gasteiger charge is 2.44. The molecule has 1 heterocycles. The Bertz CT molecular complexity index is 174. The summed E-state index contributed by atoms with van der Waals surface area (Å²) in [5.41, 5.74) is 4.85. The van der Waals surface area contributed by atoms with Gasteiger partial charge >= 0.3 is 0 Å². The fraction of sp³-hybridized carbons (Fsp3) is 1.00. The smallest absolute Gasteiger partial charge is 0.106 e. The van der Waals surface area contributed by atoms with Crippen LogP contribution in [-0.4, -0.2) is 29.5 Å². The molecule has 2 atom stereocenters. The predicted molar refractivity (Wildman–Crippen MR) is 57.1 cm³/mol. The summed E-state index contributed by atoms with van der Waals surface area (Å²) in [5.74, 6) is 0. The van der Waals surface area contributed by atoms with Gasteiger partial charge in [-0.3, -0.25) is 0 Å². The molecule has 0 aliphatic carbocycles. The lowest BCUT2D eigenvalue weighted by Crippen LogP contribution is -2.62. The predicted octanol–water partition coefficient (Wildman–Crippen LogP) is 1.44. The molecule has 1 rings (SSSR count). The van der Waals surface area contributed by atoms with Crippen LogP contribution in [0.25, 0.3) is 0 Å². The van der Waals surface area contributed by atoms with Gasteiger partial charge in [-0.05, 0) is 26.2 Å². The first kappa shape index (κ1) is 12.0. The van der Waals surface area contributed by atoms with Gasteiger partial charge in [0.25, 0.3) is 0 Å². The lowest BCUT2D eigenvalue weighted by molar-refractivity contribution is -0.127. The van der Waals surface area contributed by atoms with Gasteiger partial charge in [-0.15, -0.1) is 0 Å². The molecule has 1 aliphatic heterocycles. The van der Waals surface area contributed by atoms with E-state index in [1.165, 1.54) is 0 Å². The van der Waals surface area contributed by atoms with E-state index in [0.717, 1.165) is 38.7 Å². The first-order valence-corrected chi connectivity index (χ1v) is 5.61. The lowest BCUT2D eigenvalue weighted by Gasteiger charge is -2.44. The van der Waals surface area contributed by atoms with Crippen molar-refractivity contribution in [2.24, 2.45) is 5.73 Å². The maximum absolute atomic E-state index is 10.4. The molecule has 3 nitrogen and oxygen atoms in total. The molecule has 0 aromatic carbocycles. The summed E-state index contributed by atoms with van der Waals surface area (Å²) >= 11 is 0. The Morgan fingerprint density at radius 3 is 2.79 bits per heavy atom. The summed E-state index contributed by atoms with van der Waals surface area (Å²) in [5, 5.41) is 10.4. The normalized spacial score (nSPS) is 32.6. The SMILES string of the molecule is CCCCC(C)(N)C1(O)CCCOC1. The van der Waals surface area contributed by atoms with Crippen LogP contribution in [0.4, 0.5) is 0 Å². The van der Waals surface area contributed by atoms with Crippen LogP contribution in [0.1, 0.15) is 46.0 Å². The summed E-state index contributed by atoms with van der Waals surface area (Å²) in [4.78, 5) is 0. The van der Waals surface area contributed by atoms with E-state index in [2.05, 4.69) is 6.92 Å². The van der Waals surface area contributed by atoms with Gasteiger partial charge in [0.05, 0.1) is 6.61 Å². The van der Waals surface area contributed by atoms with Crippen molar-refractivity contribution in [3.63, 3.8) is 0 Å². The monoisotopic (exact) mass is 201 g/mol. The van der Waals surface area contributed by atoms with Gasteiger partial charge in [0, 0.05) is 12.1 Å². The van der Waals surface area contributed by atoms with Crippen LogP contribution in [0, 0.1) is 0 Å². The molecule has 3 heteroatoms. The molecule has 0 aromatic rings. The number of hydrogen-bond acceptors (Lipinski definition) is 3. The number of unbranched alkanes of at least 4 members (excludes halogenated alkanes) is 1. The molecule has 3 N–H and O–H groups in total. The van der Waals surface area contributed by atoms with E-state index in [1.54, 1.807) is 0 Å². The van der Waals surface area contributed by atoms with E-state index >= 15 is 0 Å². The molecule has 1 saturated heterocycles. The summed E-state index contributed by atoms with van der Waals surface area (Å²) in [6, 6.07) is 0. The topological polar surface area (TPSA) is 55.5 Å². The van der Waals surface area contributed by atoms with Crippen molar-refractivity contribution in [3.05, 3.63) is 0 Å². The Hall–Kier alpha value is -0.120. The van der Waals surface area contributed by atoms with Crippen molar-refractivity contribution < 1.29 is 9.84 Å². The summed E-state index contributed by atoms with van der Waals surface area (Å²) in [7, 11) is 0. The molecule has 0 bridgehead atoms. The average Bonchev–Trinajstić information content (AvgIpc) is 2.16. The van der Waals surface area contributed by atoms with Crippen molar-refractivity contribution in [2.45, 2.75) is 57.1 Å². The highest BCUT2D eigenvalue weighted by Crippen LogP contribution is 2.32. The van der Waals surface area contributed by atoms with Gasteiger partial charge in [0.15, 0.2) is 0 Å². The van der Waals surface area contributed by atoms with Crippen molar-refractivity contribution in [2.75, 3.05) is 13.2 Å². The zero-order chi connectivity index (χ0) is 10.7. The molecule has 14 heavy (non-hydrogen) atoms. The lowest BCUT2D eigenvalue weighted by atomic mass is 9.75. The Kier molecular flexibility index (Phi) is 3.93. The second kappa shape index (κ2) is 4.60. The largest absolute Gasteiger partial charge is 0.386 e. The van der Waals surface area contributed by atoms with E-state index < -0.39 is 11.1 Å². The van der Waals surface area contributed by atoms with Crippen LogP contribution in [0.15, 0.2) is 0 Å². The fourth-order valence-corrected chi connectivity index (χ4v) is 2.01. The fourth-order valence-electron chi connectivity index (χ4n) is 2.01. The summed E-state index contributed by atoms with van der Waals surface area (Å²) in [6.45, 7) is 5.23. The van der Waals surface area contributed by atoms with Crippen LogP contribution < -0.4 is 5.73 Å². The zero-order valence-electron chi connectivity index (χ0n) is 9.38. The van der Waals surface area contributed by atoms with Crippen molar-refractivity contribution in [1.82, 2.24) is 0 Å². The molecule has 0 aromatic heterocycles. The number of ether oxygens (including phenoxy) is 1. The number of hydrogen-bond donors (Lipinski definition) is 2. The number of rotatable bonds is 4. The van der Waals surface area contributed by atoms with Crippen molar-refractivity contribution in [1.29, 1.82) is 0 Å². The van der Waals surface area contributed by atoms with Crippen molar-refractivity contribution in [3.8, 4) is 0 Å². The molecule has 0 radical (unpaired) electrons. The Labute approximate surface area is 86.6 Å². The molecule has 2 unspecified atom stereocenters. The van der Waals surface area contributed by atoms with Gasteiger partial charge in [0.1, 0.15) is 5.60 Å². The summed E-state index contributed by atoms with van der Waals surface area (Å²) < 4.78 is 5.32. The molecule has 1 aliphatic rings. The maximum Gasteiger partial charge on any atom is 0.106 e. The van der Waals surface area contributed by atoms with E-state index in [0.29, 0.717) is 6.61 Å². The van der Waals surface area contributed by atoms with Gasteiger partial charge in [-0.2, -0.15) is 0 Å². The minimum atomic E-state index is -0.819. The number of nitrogens with two attached hydrogens (primary N) is 1. The minimum Gasteiger partial charge on any atom is -0.386 e. The van der Waals surface area contributed by atoms with Crippen LogP contribution in [-0.2, 0) is 4.74 Å². The maximum atomic E-state index is 10.4. The van der Waals surface area contributed by atoms with Gasteiger partial charge in [0.2, 0.25) is 0 Å². The third kappa shape index (κ3) is 2.47. The number of aliphatic hydroxyl groups is 1. The Morgan fingerprint density at radius 2 is 2.29 bits per heavy atom. The van der Waals surface area contributed by atoms with Gasteiger partial charge < -0.3 is 15.6 Å². The molecular weight excluding hydrogens is 178 g/mol. The molecule has 0 amide bonds.